The third-order valence-electron chi connectivity index (χ3n) is 4.08. The Labute approximate surface area is 139 Å². The molecule has 2 aliphatic heterocycles. The van der Waals surface area contributed by atoms with E-state index in [1.54, 1.807) is 0 Å². The number of rotatable bonds is 1. The Morgan fingerprint density at radius 2 is 2.18 bits per heavy atom. The standard InChI is InChI=1S/C16H17ClN4S/c1-10-4-6-21(7-5-10)15(19)12(9-18)16-20-13-8-11(17)2-3-14(13)22-16/h2-3,8,10,19-20H,4-7H2,1H3/b16-12+,19-15?. The molecule has 0 unspecified atom stereocenters. The van der Waals surface area contributed by atoms with E-state index in [1.807, 2.05) is 23.1 Å². The molecule has 0 atom stereocenters. The fraction of sp³-hybridized carbons (Fsp3) is 0.375. The van der Waals surface area contributed by atoms with Crippen LogP contribution in [0.3, 0.4) is 0 Å². The molecule has 114 valence electrons. The average Bonchev–Trinajstić information content (AvgIpc) is 2.91. The van der Waals surface area contributed by atoms with Crippen molar-refractivity contribution in [1.29, 1.82) is 10.7 Å². The molecule has 1 fully saturated rings. The highest BCUT2D eigenvalue weighted by atomic mass is 35.5. The van der Waals surface area contributed by atoms with E-state index in [2.05, 4.69) is 18.3 Å². The number of nitriles is 1. The van der Waals surface area contributed by atoms with Gasteiger partial charge in [0.15, 0.2) is 0 Å². The number of thioether (sulfide) groups is 1. The smallest absolute Gasteiger partial charge is 0.141 e. The number of nitrogens with zero attached hydrogens (tertiary/aromatic N) is 2. The largest absolute Gasteiger partial charge is 0.356 e. The predicted molar refractivity (Wildman–Crippen MR) is 91.3 cm³/mol. The summed E-state index contributed by atoms with van der Waals surface area (Å²) >= 11 is 7.49. The van der Waals surface area contributed by atoms with Gasteiger partial charge in [0.25, 0.3) is 0 Å². The molecule has 2 heterocycles. The number of hydrogen-bond acceptors (Lipinski definition) is 4. The van der Waals surface area contributed by atoms with Gasteiger partial charge in [0, 0.05) is 23.0 Å². The topological polar surface area (TPSA) is 62.9 Å². The summed E-state index contributed by atoms with van der Waals surface area (Å²) in [7, 11) is 0. The summed E-state index contributed by atoms with van der Waals surface area (Å²) in [5, 5.41) is 22.5. The zero-order chi connectivity index (χ0) is 15.7. The zero-order valence-electron chi connectivity index (χ0n) is 12.3. The number of halogens is 1. The predicted octanol–water partition coefficient (Wildman–Crippen LogP) is 4.30. The Kier molecular flexibility index (Phi) is 4.32. The minimum atomic E-state index is 0.323. The molecular weight excluding hydrogens is 316 g/mol. The van der Waals surface area contributed by atoms with Crippen LogP contribution < -0.4 is 5.32 Å². The van der Waals surface area contributed by atoms with Gasteiger partial charge in [0.1, 0.15) is 17.5 Å². The molecule has 0 aliphatic carbocycles. The van der Waals surface area contributed by atoms with E-state index >= 15 is 0 Å². The highest BCUT2D eigenvalue weighted by Crippen LogP contribution is 2.43. The van der Waals surface area contributed by atoms with Crippen molar-refractivity contribution in [2.24, 2.45) is 5.92 Å². The van der Waals surface area contributed by atoms with Gasteiger partial charge in [-0.05, 0) is 37.0 Å². The lowest BCUT2D eigenvalue weighted by molar-refractivity contribution is 0.280. The molecule has 1 aromatic rings. The molecule has 0 radical (unpaired) electrons. The van der Waals surface area contributed by atoms with Gasteiger partial charge >= 0.3 is 0 Å². The van der Waals surface area contributed by atoms with Crippen molar-refractivity contribution < 1.29 is 0 Å². The second-order valence-corrected chi connectivity index (χ2v) is 7.19. The molecular formula is C16H17ClN4S. The maximum atomic E-state index is 9.52. The van der Waals surface area contributed by atoms with E-state index < -0.39 is 0 Å². The summed E-state index contributed by atoms with van der Waals surface area (Å²) in [5.41, 5.74) is 1.31. The normalized spacial score (nSPS) is 20.1. The number of anilines is 1. The Balaban J connectivity index is 1.83. The third-order valence-corrected chi connectivity index (χ3v) is 5.40. The van der Waals surface area contributed by atoms with Crippen LogP contribution in [0, 0.1) is 22.7 Å². The van der Waals surface area contributed by atoms with E-state index in [-0.39, 0.29) is 0 Å². The van der Waals surface area contributed by atoms with Gasteiger partial charge in [0.2, 0.25) is 0 Å². The highest BCUT2D eigenvalue weighted by molar-refractivity contribution is 8.03. The van der Waals surface area contributed by atoms with Gasteiger partial charge in [-0.15, -0.1) is 0 Å². The number of fused-ring (bicyclic) bond motifs is 1. The minimum absolute atomic E-state index is 0.323. The van der Waals surface area contributed by atoms with Crippen molar-refractivity contribution in [3.63, 3.8) is 0 Å². The van der Waals surface area contributed by atoms with Crippen LogP contribution in [-0.4, -0.2) is 23.8 Å². The maximum absolute atomic E-state index is 9.52. The van der Waals surface area contributed by atoms with E-state index in [0.29, 0.717) is 22.3 Å². The van der Waals surface area contributed by atoms with E-state index in [4.69, 9.17) is 17.0 Å². The first-order valence-corrected chi connectivity index (χ1v) is 8.50. The molecule has 2 N–H and O–H groups in total. The summed E-state index contributed by atoms with van der Waals surface area (Å²) in [6.07, 6.45) is 2.15. The number of amidine groups is 1. The first-order valence-electron chi connectivity index (χ1n) is 7.31. The fourth-order valence-electron chi connectivity index (χ4n) is 2.66. The zero-order valence-corrected chi connectivity index (χ0v) is 13.9. The number of hydrogen-bond donors (Lipinski definition) is 2. The molecule has 0 spiro atoms. The van der Waals surface area contributed by atoms with Crippen molar-refractivity contribution in [2.45, 2.75) is 24.7 Å². The molecule has 1 saturated heterocycles. The summed E-state index contributed by atoms with van der Waals surface area (Å²) in [5.74, 6) is 1.02. The molecule has 0 bridgehead atoms. The van der Waals surface area contributed by atoms with Gasteiger partial charge in [-0.1, -0.05) is 30.3 Å². The van der Waals surface area contributed by atoms with Crippen molar-refractivity contribution in [1.82, 2.24) is 4.90 Å². The number of benzene rings is 1. The number of piperidine rings is 1. The van der Waals surface area contributed by atoms with E-state index in [1.165, 1.54) is 11.8 Å². The Morgan fingerprint density at radius 3 is 2.86 bits per heavy atom. The van der Waals surface area contributed by atoms with Crippen LogP contribution in [0.25, 0.3) is 0 Å². The summed E-state index contributed by atoms with van der Waals surface area (Å²) < 4.78 is 0. The Hall–Kier alpha value is -1.64. The van der Waals surface area contributed by atoms with Crippen LogP contribution >= 0.6 is 23.4 Å². The average molecular weight is 333 g/mol. The van der Waals surface area contributed by atoms with Crippen LogP contribution in [0.5, 0.6) is 0 Å². The summed E-state index contributed by atoms with van der Waals surface area (Å²) in [6, 6.07) is 7.81. The number of nitrogens with one attached hydrogen (secondary N) is 2. The SMILES string of the molecule is CC1CCN(C(=N)/C(C#N)=C2\Nc3cc(Cl)ccc3S2)CC1. The molecule has 2 aliphatic rings. The molecule has 6 heteroatoms. The lowest BCUT2D eigenvalue weighted by Crippen LogP contribution is -2.38. The third kappa shape index (κ3) is 2.94. The van der Waals surface area contributed by atoms with Gasteiger partial charge in [-0.25, -0.2) is 0 Å². The first-order chi connectivity index (χ1) is 10.6. The quantitative estimate of drug-likeness (QED) is 0.457. The van der Waals surface area contributed by atoms with Gasteiger partial charge < -0.3 is 10.2 Å². The molecule has 4 nitrogen and oxygen atoms in total. The fourth-order valence-corrected chi connectivity index (χ4v) is 3.82. The molecule has 0 amide bonds. The van der Waals surface area contributed by atoms with Crippen LogP contribution in [0.1, 0.15) is 19.8 Å². The lowest BCUT2D eigenvalue weighted by Gasteiger charge is -2.32. The van der Waals surface area contributed by atoms with Crippen LogP contribution in [0.15, 0.2) is 33.7 Å². The van der Waals surface area contributed by atoms with Crippen LogP contribution in [0.4, 0.5) is 5.69 Å². The Morgan fingerprint density at radius 1 is 1.45 bits per heavy atom. The highest BCUT2D eigenvalue weighted by Gasteiger charge is 2.26. The van der Waals surface area contributed by atoms with Gasteiger partial charge in [0.05, 0.1) is 10.7 Å². The first kappa shape index (κ1) is 15.3. The monoisotopic (exact) mass is 332 g/mol. The Bertz CT molecular complexity index is 684. The van der Waals surface area contributed by atoms with E-state index in [9.17, 15) is 5.26 Å². The molecule has 0 aromatic heterocycles. The summed E-state index contributed by atoms with van der Waals surface area (Å²) in [6.45, 7) is 3.93. The van der Waals surface area contributed by atoms with Crippen molar-refractivity contribution >= 4 is 34.9 Å². The van der Waals surface area contributed by atoms with Crippen molar-refractivity contribution in [2.75, 3.05) is 18.4 Å². The van der Waals surface area contributed by atoms with Crippen molar-refractivity contribution in [3.8, 4) is 6.07 Å². The lowest BCUT2D eigenvalue weighted by atomic mass is 9.98. The molecule has 0 saturated carbocycles. The molecule has 3 rings (SSSR count). The molecule has 1 aromatic carbocycles. The van der Waals surface area contributed by atoms with Gasteiger partial charge in [-0.2, -0.15) is 5.26 Å². The molecule has 22 heavy (non-hydrogen) atoms. The summed E-state index contributed by atoms with van der Waals surface area (Å²) in [4.78, 5) is 3.04. The minimum Gasteiger partial charge on any atom is -0.356 e. The number of likely N-dealkylation sites (tertiary alicyclic amines) is 1. The van der Waals surface area contributed by atoms with Gasteiger partial charge in [-0.3, -0.25) is 5.41 Å². The second kappa shape index (κ2) is 6.23. The maximum Gasteiger partial charge on any atom is 0.141 e. The van der Waals surface area contributed by atoms with Crippen molar-refractivity contribution in [3.05, 3.63) is 33.8 Å². The van der Waals surface area contributed by atoms with Crippen LogP contribution in [-0.2, 0) is 0 Å². The second-order valence-electron chi connectivity index (χ2n) is 5.70. The van der Waals surface area contributed by atoms with E-state index in [0.717, 1.165) is 41.5 Å². The van der Waals surface area contributed by atoms with Crippen LogP contribution in [0.2, 0.25) is 5.02 Å².